The van der Waals surface area contributed by atoms with Gasteiger partial charge in [-0.3, -0.25) is 4.79 Å². The normalized spacial score (nSPS) is 32.0. The van der Waals surface area contributed by atoms with E-state index in [4.69, 9.17) is 0 Å². The molecule has 2 fully saturated rings. The molecule has 1 saturated heterocycles. The molecule has 4 nitrogen and oxygen atoms in total. The van der Waals surface area contributed by atoms with E-state index < -0.39 is 0 Å². The molecule has 2 rings (SSSR count). The molecule has 0 bridgehead atoms. The molecule has 0 radical (unpaired) electrons. The Morgan fingerprint density at radius 3 is 2.57 bits per heavy atom. The number of rotatable bonds is 5. The maximum Gasteiger partial charge on any atom is 0.224 e. The van der Waals surface area contributed by atoms with Crippen LogP contribution in [0.1, 0.15) is 65.2 Å². The van der Waals surface area contributed by atoms with Gasteiger partial charge in [0.15, 0.2) is 0 Å². The summed E-state index contributed by atoms with van der Waals surface area (Å²) in [5, 5.41) is 13.2. The first kappa shape index (κ1) is 16.8. The Balaban J connectivity index is 1.80. The van der Waals surface area contributed by atoms with E-state index in [9.17, 15) is 9.90 Å². The summed E-state index contributed by atoms with van der Waals surface area (Å²) in [5.74, 6) is 0.292. The van der Waals surface area contributed by atoms with Gasteiger partial charge in [0, 0.05) is 43.6 Å². The molecule has 0 spiro atoms. The highest BCUT2D eigenvalue weighted by molar-refractivity contribution is 5.76. The zero-order valence-electron chi connectivity index (χ0n) is 13.7. The fourth-order valence-electron chi connectivity index (χ4n) is 3.82. The monoisotopic (exact) mass is 296 g/mol. The number of aliphatic hydroxyl groups is 1. The van der Waals surface area contributed by atoms with Crippen molar-refractivity contribution in [3.8, 4) is 0 Å². The minimum absolute atomic E-state index is 0.0140. The smallest absolute Gasteiger partial charge is 0.224 e. The number of hydrogen-bond acceptors (Lipinski definition) is 3. The maximum atomic E-state index is 12.4. The number of carbonyl (C=O) groups excluding carboxylic acids is 1. The van der Waals surface area contributed by atoms with Crippen molar-refractivity contribution in [1.82, 2.24) is 10.2 Å². The standard InChI is InChI=1S/C17H32N2O2/c1-14(18-15-8-7-9-17(15,2)13-20)12-16(21)19-10-5-3-4-6-11-19/h14-15,18,20H,3-13H2,1-2H3. The van der Waals surface area contributed by atoms with Gasteiger partial charge >= 0.3 is 0 Å². The Labute approximate surface area is 129 Å². The highest BCUT2D eigenvalue weighted by Crippen LogP contribution is 2.37. The van der Waals surface area contributed by atoms with Crippen LogP contribution in [0.4, 0.5) is 0 Å². The van der Waals surface area contributed by atoms with Crippen LogP contribution in [0.3, 0.4) is 0 Å². The molecule has 1 aliphatic carbocycles. The third kappa shape index (κ3) is 4.43. The van der Waals surface area contributed by atoms with Gasteiger partial charge in [-0.1, -0.05) is 26.2 Å². The van der Waals surface area contributed by atoms with Crippen LogP contribution >= 0.6 is 0 Å². The van der Waals surface area contributed by atoms with Crippen LogP contribution in [-0.2, 0) is 4.79 Å². The molecule has 0 aromatic rings. The maximum absolute atomic E-state index is 12.4. The first-order chi connectivity index (χ1) is 10.0. The molecule has 1 heterocycles. The lowest BCUT2D eigenvalue weighted by Crippen LogP contribution is -2.47. The highest BCUT2D eigenvalue weighted by atomic mass is 16.3. The van der Waals surface area contributed by atoms with E-state index in [0.717, 1.165) is 38.8 Å². The van der Waals surface area contributed by atoms with Crippen molar-refractivity contribution in [2.24, 2.45) is 5.41 Å². The van der Waals surface area contributed by atoms with Crippen molar-refractivity contribution >= 4 is 5.91 Å². The second-order valence-electron chi connectivity index (χ2n) is 7.32. The third-order valence-electron chi connectivity index (χ3n) is 5.37. The minimum atomic E-state index is -0.0140. The largest absolute Gasteiger partial charge is 0.396 e. The van der Waals surface area contributed by atoms with Crippen LogP contribution in [0.15, 0.2) is 0 Å². The molecule has 2 aliphatic rings. The van der Waals surface area contributed by atoms with Crippen molar-refractivity contribution in [2.45, 2.75) is 77.3 Å². The van der Waals surface area contributed by atoms with E-state index >= 15 is 0 Å². The van der Waals surface area contributed by atoms with E-state index in [1.54, 1.807) is 0 Å². The predicted molar refractivity (Wildman–Crippen MR) is 85.1 cm³/mol. The van der Waals surface area contributed by atoms with Crippen LogP contribution < -0.4 is 5.32 Å². The molecular formula is C17H32N2O2. The Kier molecular flexibility index (Phi) is 6.06. The number of aliphatic hydroxyl groups excluding tert-OH is 1. The zero-order valence-corrected chi connectivity index (χ0v) is 13.7. The molecule has 0 aromatic heterocycles. The van der Waals surface area contributed by atoms with Crippen molar-refractivity contribution in [3.63, 3.8) is 0 Å². The number of nitrogens with zero attached hydrogens (tertiary/aromatic N) is 1. The minimum Gasteiger partial charge on any atom is -0.396 e. The molecule has 3 unspecified atom stereocenters. The molecule has 3 atom stereocenters. The Morgan fingerprint density at radius 1 is 1.29 bits per heavy atom. The first-order valence-electron chi connectivity index (χ1n) is 8.70. The molecule has 21 heavy (non-hydrogen) atoms. The summed E-state index contributed by atoms with van der Waals surface area (Å²) in [5.41, 5.74) is -0.0140. The third-order valence-corrected chi connectivity index (χ3v) is 5.37. The van der Waals surface area contributed by atoms with E-state index in [1.165, 1.54) is 19.3 Å². The molecule has 1 amide bonds. The first-order valence-corrected chi connectivity index (χ1v) is 8.70. The number of nitrogens with one attached hydrogen (secondary N) is 1. The van der Waals surface area contributed by atoms with Crippen LogP contribution in [-0.4, -0.2) is 47.7 Å². The van der Waals surface area contributed by atoms with Crippen LogP contribution in [0.2, 0.25) is 0 Å². The van der Waals surface area contributed by atoms with Crippen molar-refractivity contribution < 1.29 is 9.90 Å². The molecular weight excluding hydrogens is 264 g/mol. The molecule has 122 valence electrons. The molecule has 2 N–H and O–H groups in total. The van der Waals surface area contributed by atoms with Crippen molar-refractivity contribution in [2.75, 3.05) is 19.7 Å². The Bertz CT molecular complexity index is 340. The number of likely N-dealkylation sites (tertiary alicyclic amines) is 1. The van der Waals surface area contributed by atoms with E-state index in [-0.39, 0.29) is 18.1 Å². The van der Waals surface area contributed by atoms with Crippen LogP contribution in [0.5, 0.6) is 0 Å². The quantitative estimate of drug-likeness (QED) is 0.818. The van der Waals surface area contributed by atoms with Crippen LogP contribution in [0, 0.1) is 5.41 Å². The highest BCUT2D eigenvalue weighted by Gasteiger charge is 2.38. The van der Waals surface area contributed by atoms with Crippen molar-refractivity contribution in [3.05, 3.63) is 0 Å². The fourth-order valence-corrected chi connectivity index (χ4v) is 3.82. The predicted octanol–water partition coefficient (Wildman–Crippen LogP) is 2.31. The summed E-state index contributed by atoms with van der Waals surface area (Å²) in [7, 11) is 0. The van der Waals surface area contributed by atoms with Gasteiger partial charge in [-0.05, 0) is 32.6 Å². The lowest BCUT2D eigenvalue weighted by atomic mass is 9.85. The van der Waals surface area contributed by atoms with E-state index in [1.807, 2.05) is 4.90 Å². The number of amides is 1. The lowest BCUT2D eigenvalue weighted by molar-refractivity contribution is -0.131. The van der Waals surface area contributed by atoms with E-state index in [2.05, 4.69) is 19.2 Å². The van der Waals surface area contributed by atoms with Gasteiger partial charge in [-0.2, -0.15) is 0 Å². The average molecular weight is 296 g/mol. The average Bonchev–Trinajstić information content (AvgIpc) is 2.69. The van der Waals surface area contributed by atoms with Gasteiger partial charge in [0.2, 0.25) is 5.91 Å². The van der Waals surface area contributed by atoms with Gasteiger partial charge in [-0.15, -0.1) is 0 Å². The SMILES string of the molecule is CC(CC(=O)N1CCCCCC1)NC1CCCC1(C)CO. The second kappa shape index (κ2) is 7.59. The summed E-state index contributed by atoms with van der Waals surface area (Å²) in [6.07, 6.45) is 8.76. The fraction of sp³-hybridized carbons (Fsp3) is 0.941. The summed E-state index contributed by atoms with van der Waals surface area (Å²) in [4.78, 5) is 14.4. The topological polar surface area (TPSA) is 52.6 Å². The lowest BCUT2D eigenvalue weighted by Gasteiger charge is -2.33. The molecule has 1 aliphatic heterocycles. The molecule has 4 heteroatoms. The summed E-state index contributed by atoms with van der Waals surface area (Å²) in [6, 6.07) is 0.532. The van der Waals surface area contributed by atoms with E-state index in [0.29, 0.717) is 18.4 Å². The van der Waals surface area contributed by atoms with Gasteiger partial charge in [0.05, 0.1) is 0 Å². The van der Waals surface area contributed by atoms with Gasteiger partial charge in [0.25, 0.3) is 0 Å². The Morgan fingerprint density at radius 2 is 1.95 bits per heavy atom. The number of hydrogen-bond donors (Lipinski definition) is 2. The van der Waals surface area contributed by atoms with Crippen molar-refractivity contribution in [1.29, 1.82) is 0 Å². The van der Waals surface area contributed by atoms with Gasteiger partial charge in [-0.25, -0.2) is 0 Å². The summed E-state index contributed by atoms with van der Waals surface area (Å²) >= 11 is 0. The second-order valence-corrected chi connectivity index (χ2v) is 7.32. The number of carbonyl (C=O) groups is 1. The summed E-state index contributed by atoms with van der Waals surface area (Å²) < 4.78 is 0. The van der Waals surface area contributed by atoms with Gasteiger partial charge in [0.1, 0.15) is 0 Å². The molecule has 1 saturated carbocycles. The van der Waals surface area contributed by atoms with Gasteiger partial charge < -0.3 is 15.3 Å². The van der Waals surface area contributed by atoms with Crippen LogP contribution in [0.25, 0.3) is 0 Å². The zero-order chi connectivity index (χ0) is 15.3. The molecule has 0 aromatic carbocycles. The summed E-state index contributed by atoms with van der Waals surface area (Å²) in [6.45, 7) is 6.36. The Hall–Kier alpha value is -0.610.